The van der Waals surface area contributed by atoms with E-state index in [1.165, 1.54) is 39.2 Å². The van der Waals surface area contributed by atoms with Crippen LogP contribution in [0.3, 0.4) is 0 Å². The van der Waals surface area contributed by atoms with Crippen LogP contribution in [0.2, 0.25) is 0 Å². The number of anilines is 2. The van der Waals surface area contributed by atoms with Crippen LogP contribution in [0.5, 0.6) is 0 Å². The summed E-state index contributed by atoms with van der Waals surface area (Å²) in [7, 11) is 1.56. The Hall–Kier alpha value is -2.92. The molecule has 3 aromatic rings. The molecule has 4 rings (SSSR count). The molecule has 1 heterocycles. The highest BCUT2D eigenvalue weighted by Gasteiger charge is 2.30. The third kappa shape index (κ3) is 7.30. The molecule has 0 atom stereocenters. The van der Waals surface area contributed by atoms with E-state index < -0.39 is 21.8 Å². The zero-order chi connectivity index (χ0) is 26.3. The Bertz CT molecular complexity index is 1240. The minimum Gasteiger partial charge on any atom is -0.362 e. The predicted molar refractivity (Wildman–Crippen MR) is 137 cm³/mol. The van der Waals surface area contributed by atoms with Gasteiger partial charge in [0.05, 0.1) is 16.0 Å². The van der Waals surface area contributed by atoms with Crippen LogP contribution in [0.15, 0.2) is 53.4 Å². The van der Waals surface area contributed by atoms with Crippen molar-refractivity contribution in [3.8, 4) is 0 Å². The molecular formula is C25H32F3N5O2S. The molecule has 1 fully saturated rings. The molecule has 0 bridgehead atoms. The molecule has 11 heteroatoms. The van der Waals surface area contributed by atoms with Crippen LogP contribution >= 0.6 is 0 Å². The molecule has 0 saturated heterocycles. The zero-order valence-corrected chi connectivity index (χ0v) is 21.5. The molecule has 1 aliphatic carbocycles. The fourth-order valence-electron chi connectivity index (χ4n) is 4.05. The number of sulfonamides is 1. The van der Waals surface area contributed by atoms with Gasteiger partial charge in [0.15, 0.2) is 0 Å². The first-order chi connectivity index (χ1) is 17.0. The van der Waals surface area contributed by atoms with Crippen molar-refractivity contribution in [2.75, 3.05) is 37.9 Å². The van der Waals surface area contributed by atoms with Gasteiger partial charge in [-0.3, -0.25) is 0 Å². The van der Waals surface area contributed by atoms with Crippen molar-refractivity contribution >= 4 is 32.7 Å². The summed E-state index contributed by atoms with van der Waals surface area (Å²) in [6.45, 7) is 0.991. The Balaban J connectivity index is 0.000000214. The van der Waals surface area contributed by atoms with E-state index in [9.17, 15) is 21.6 Å². The molecule has 1 aromatic heterocycles. The van der Waals surface area contributed by atoms with Crippen molar-refractivity contribution in [2.45, 2.75) is 43.2 Å². The van der Waals surface area contributed by atoms with Crippen molar-refractivity contribution in [3.63, 3.8) is 0 Å². The molecule has 196 valence electrons. The van der Waals surface area contributed by atoms with Crippen LogP contribution < -0.4 is 14.9 Å². The average molecular weight is 524 g/mol. The van der Waals surface area contributed by atoms with Crippen LogP contribution in [-0.4, -0.2) is 46.1 Å². The largest absolute Gasteiger partial charge is 0.416 e. The highest BCUT2D eigenvalue weighted by Crippen LogP contribution is 2.30. The van der Waals surface area contributed by atoms with E-state index in [1.807, 2.05) is 31.0 Å². The number of hydrogen-bond donors (Lipinski definition) is 2. The van der Waals surface area contributed by atoms with Gasteiger partial charge < -0.3 is 10.2 Å². The summed E-state index contributed by atoms with van der Waals surface area (Å²) in [6, 6.07) is 11.5. The van der Waals surface area contributed by atoms with Gasteiger partial charge in [-0.15, -0.1) is 0 Å². The molecule has 0 radical (unpaired) electrons. The number of halogens is 3. The fraction of sp³-hybridized carbons (Fsp3) is 0.440. The van der Waals surface area contributed by atoms with Crippen LogP contribution in [0.25, 0.3) is 10.9 Å². The number of nitrogens with one attached hydrogen (secondary N) is 2. The van der Waals surface area contributed by atoms with Crippen LogP contribution in [0.1, 0.15) is 37.7 Å². The predicted octanol–water partition coefficient (Wildman–Crippen LogP) is 5.30. The quantitative estimate of drug-likeness (QED) is 0.456. The summed E-state index contributed by atoms with van der Waals surface area (Å²) in [6.07, 6.45) is 2.35. The number of alkyl halides is 3. The van der Waals surface area contributed by atoms with Gasteiger partial charge in [0.1, 0.15) is 5.82 Å². The lowest BCUT2D eigenvalue weighted by molar-refractivity contribution is -0.137. The van der Waals surface area contributed by atoms with Gasteiger partial charge in [0.2, 0.25) is 16.0 Å². The van der Waals surface area contributed by atoms with E-state index in [2.05, 4.69) is 32.3 Å². The molecule has 0 amide bonds. The Labute approximate surface area is 210 Å². The Kier molecular flexibility index (Phi) is 9.13. The first-order valence-corrected chi connectivity index (χ1v) is 13.3. The van der Waals surface area contributed by atoms with Crippen molar-refractivity contribution in [1.29, 1.82) is 0 Å². The smallest absolute Gasteiger partial charge is 0.362 e. The number of hydrogen-bond acceptors (Lipinski definition) is 6. The van der Waals surface area contributed by atoms with E-state index in [4.69, 9.17) is 0 Å². The van der Waals surface area contributed by atoms with Crippen LogP contribution in [0, 0.1) is 5.92 Å². The summed E-state index contributed by atoms with van der Waals surface area (Å²) in [5, 5.41) is 4.56. The molecular weight excluding hydrogens is 491 g/mol. The fourth-order valence-corrected chi connectivity index (χ4v) is 4.78. The van der Waals surface area contributed by atoms with Crippen molar-refractivity contribution < 1.29 is 21.6 Å². The number of para-hydroxylation sites is 1. The van der Waals surface area contributed by atoms with Gasteiger partial charge in [-0.2, -0.15) is 18.2 Å². The lowest BCUT2D eigenvalue weighted by Gasteiger charge is -2.22. The van der Waals surface area contributed by atoms with Gasteiger partial charge >= 0.3 is 6.18 Å². The summed E-state index contributed by atoms with van der Waals surface area (Å²) < 4.78 is 60.7. The minimum atomic E-state index is -4.46. The van der Waals surface area contributed by atoms with Crippen LogP contribution in [0.4, 0.5) is 24.9 Å². The number of aromatic nitrogens is 2. The first-order valence-electron chi connectivity index (χ1n) is 11.8. The lowest BCUT2D eigenvalue weighted by Crippen LogP contribution is -2.19. The summed E-state index contributed by atoms with van der Waals surface area (Å²) in [5.41, 5.74) is 0.125. The van der Waals surface area contributed by atoms with Crippen molar-refractivity contribution in [1.82, 2.24) is 14.7 Å². The Morgan fingerprint density at radius 2 is 1.61 bits per heavy atom. The minimum absolute atomic E-state index is 0.196. The molecule has 7 nitrogen and oxygen atoms in total. The topological polar surface area (TPSA) is 87.2 Å². The maximum atomic E-state index is 12.1. The highest BCUT2D eigenvalue weighted by molar-refractivity contribution is 7.89. The monoisotopic (exact) mass is 523 g/mol. The molecule has 1 saturated carbocycles. The molecule has 0 spiro atoms. The second kappa shape index (κ2) is 11.9. The average Bonchev–Trinajstić information content (AvgIpc) is 2.87. The molecule has 2 aromatic carbocycles. The summed E-state index contributed by atoms with van der Waals surface area (Å²) in [4.78, 5) is 11.2. The van der Waals surface area contributed by atoms with Crippen molar-refractivity contribution in [2.24, 2.45) is 5.92 Å². The number of rotatable bonds is 6. The molecule has 36 heavy (non-hydrogen) atoms. The molecule has 0 unspecified atom stereocenters. The number of benzene rings is 2. The van der Waals surface area contributed by atoms with E-state index in [0.717, 1.165) is 59.4 Å². The first kappa shape index (κ1) is 27.7. The normalized spacial score (nSPS) is 14.7. The second-order valence-corrected chi connectivity index (χ2v) is 10.8. The van der Waals surface area contributed by atoms with Gasteiger partial charge in [-0.05, 0) is 62.2 Å². The van der Waals surface area contributed by atoms with E-state index >= 15 is 0 Å². The number of nitrogens with zero attached hydrogens (tertiary/aromatic N) is 3. The van der Waals surface area contributed by atoms with Gasteiger partial charge in [-0.25, -0.2) is 18.1 Å². The van der Waals surface area contributed by atoms with Gasteiger partial charge in [0, 0.05) is 26.0 Å². The zero-order valence-electron chi connectivity index (χ0n) is 20.6. The Morgan fingerprint density at radius 3 is 2.19 bits per heavy atom. The Morgan fingerprint density at radius 1 is 0.972 bits per heavy atom. The standard InChI is InChI=1S/C17H24N4.C8H8F3NO2S/c1-21(2)16-14-10-6-7-11-15(14)19-17(20-16)18-12-13-8-4-3-5-9-13;1-12-15(13,14)7-4-2-6(3-5-7)8(9,10)11/h6-7,10-11,13H,3-5,8-9,12H2,1-2H3,(H,18,19,20);2-5,12H,1H3. The third-order valence-electron chi connectivity index (χ3n) is 6.04. The van der Waals surface area contributed by atoms with E-state index in [1.54, 1.807) is 0 Å². The summed E-state index contributed by atoms with van der Waals surface area (Å²) >= 11 is 0. The van der Waals surface area contributed by atoms with E-state index in [0.29, 0.717) is 0 Å². The van der Waals surface area contributed by atoms with Gasteiger partial charge in [-0.1, -0.05) is 31.4 Å². The maximum Gasteiger partial charge on any atom is 0.416 e. The highest BCUT2D eigenvalue weighted by atomic mass is 32.2. The van der Waals surface area contributed by atoms with Gasteiger partial charge in [0.25, 0.3) is 0 Å². The van der Waals surface area contributed by atoms with E-state index in [-0.39, 0.29) is 4.90 Å². The second-order valence-electron chi connectivity index (χ2n) is 8.90. The van der Waals surface area contributed by atoms with Crippen LogP contribution in [-0.2, 0) is 16.2 Å². The molecule has 1 aliphatic rings. The SMILES string of the molecule is CN(C)c1nc(NCC2CCCCC2)nc2ccccc12.CNS(=O)(=O)c1ccc(C(F)(F)F)cc1. The number of fused-ring (bicyclic) bond motifs is 1. The third-order valence-corrected chi connectivity index (χ3v) is 7.47. The molecule has 2 N–H and O–H groups in total. The maximum absolute atomic E-state index is 12.1. The molecule has 0 aliphatic heterocycles. The lowest BCUT2D eigenvalue weighted by atomic mass is 9.89. The van der Waals surface area contributed by atoms with Crippen molar-refractivity contribution in [3.05, 3.63) is 54.1 Å². The summed E-state index contributed by atoms with van der Waals surface area (Å²) in [5.74, 6) is 2.51.